The van der Waals surface area contributed by atoms with Gasteiger partial charge in [-0.05, 0) is 41.7 Å². The second-order valence-corrected chi connectivity index (χ2v) is 8.44. The Morgan fingerprint density at radius 3 is 2.77 bits per heavy atom. The number of hydrogen-bond donors (Lipinski definition) is 1. The number of rotatable bonds is 2. The van der Waals surface area contributed by atoms with Crippen LogP contribution in [0.1, 0.15) is 29.2 Å². The zero-order valence-electron chi connectivity index (χ0n) is 17.1. The van der Waals surface area contributed by atoms with E-state index >= 15 is 0 Å². The van der Waals surface area contributed by atoms with E-state index in [0.29, 0.717) is 25.6 Å². The summed E-state index contributed by atoms with van der Waals surface area (Å²) in [6.45, 7) is 5.01. The molecule has 158 valence electrons. The Balaban J connectivity index is 1.43. The van der Waals surface area contributed by atoms with Crippen LogP contribution >= 0.6 is 0 Å². The molecule has 0 bridgehead atoms. The van der Waals surface area contributed by atoms with E-state index in [1.165, 1.54) is 17.7 Å². The molecule has 3 aliphatic heterocycles. The number of fused-ring (bicyclic) bond motifs is 2. The van der Waals surface area contributed by atoms with Gasteiger partial charge in [0.15, 0.2) is 0 Å². The Morgan fingerprint density at radius 1 is 1.07 bits per heavy atom. The van der Waals surface area contributed by atoms with Gasteiger partial charge in [0.2, 0.25) is 0 Å². The molecule has 2 saturated heterocycles. The van der Waals surface area contributed by atoms with Crippen LogP contribution in [0, 0.1) is 5.82 Å². The molecule has 0 aliphatic carbocycles. The number of amides is 1. The number of benzene rings is 2. The van der Waals surface area contributed by atoms with Crippen molar-refractivity contribution in [3.05, 3.63) is 71.0 Å². The van der Waals surface area contributed by atoms with Crippen molar-refractivity contribution < 1.29 is 13.9 Å². The lowest BCUT2D eigenvalue weighted by atomic mass is 9.87. The predicted octanol–water partition coefficient (Wildman–Crippen LogP) is 2.36. The van der Waals surface area contributed by atoms with Gasteiger partial charge < -0.3 is 15.0 Å². The highest BCUT2D eigenvalue weighted by Gasteiger charge is 2.38. The van der Waals surface area contributed by atoms with Crippen LogP contribution < -0.4 is 5.32 Å². The summed E-state index contributed by atoms with van der Waals surface area (Å²) >= 11 is 0. The molecule has 0 radical (unpaired) electrons. The Bertz CT molecular complexity index is 888. The number of nitrogens with zero attached hydrogens (tertiary/aromatic N) is 2. The number of carbonyl (C=O) groups excluding carboxylic acids is 1. The summed E-state index contributed by atoms with van der Waals surface area (Å²) in [5.74, 6) is -0.218. The van der Waals surface area contributed by atoms with Crippen molar-refractivity contribution in [1.29, 1.82) is 0 Å². The average Bonchev–Trinajstić information content (AvgIpc) is 3.01. The van der Waals surface area contributed by atoms with E-state index in [2.05, 4.69) is 22.3 Å². The van der Waals surface area contributed by atoms with E-state index in [-0.39, 0.29) is 17.8 Å². The Hall–Kier alpha value is -2.28. The number of halogens is 1. The molecule has 5 nitrogen and oxygen atoms in total. The lowest BCUT2D eigenvalue weighted by molar-refractivity contribution is -0.146. The molecule has 2 aromatic carbocycles. The third kappa shape index (κ3) is 3.75. The largest absolute Gasteiger partial charge is 0.367 e. The minimum atomic E-state index is -0.427. The monoisotopic (exact) mass is 409 g/mol. The third-order valence-electron chi connectivity index (χ3n) is 6.67. The fraction of sp³-hybridized carbons (Fsp3) is 0.458. The molecule has 30 heavy (non-hydrogen) atoms. The molecule has 0 aromatic heterocycles. The molecule has 3 aliphatic rings. The van der Waals surface area contributed by atoms with E-state index in [9.17, 15) is 9.18 Å². The van der Waals surface area contributed by atoms with Crippen LogP contribution in [0.4, 0.5) is 4.39 Å². The summed E-state index contributed by atoms with van der Waals surface area (Å²) in [4.78, 5) is 18.0. The van der Waals surface area contributed by atoms with Gasteiger partial charge in [0.05, 0.1) is 12.6 Å². The minimum absolute atomic E-state index is 0.0478. The zero-order chi connectivity index (χ0) is 20.5. The Morgan fingerprint density at radius 2 is 1.90 bits per heavy atom. The maximum atomic E-state index is 13.7. The van der Waals surface area contributed by atoms with E-state index in [1.807, 2.05) is 17.0 Å². The topological polar surface area (TPSA) is 44.8 Å². The van der Waals surface area contributed by atoms with Crippen molar-refractivity contribution in [2.75, 3.05) is 39.3 Å². The number of carbonyl (C=O) groups is 1. The predicted molar refractivity (Wildman–Crippen MR) is 113 cm³/mol. The number of hydrogen-bond acceptors (Lipinski definition) is 4. The summed E-state index contributed by atoms with van der Waals surface area (Å²) < 4.78 is 19.7. The molecule has 1 amide bonds. The number of nitrogens with one attached hydrogen (secondary N) is 1. The third-order valence-corrected chi connectivity index (χ3v) is 6.67. The molecule has 5 rings (SSSR count). The highest BCUT2D eigenvalue weighted by molar-refractivity contribution is 5.82. The first-order chi connectivity index (χ1) is 14.7. The van der Waals surface area contributed by atoms with Crippen molar-refractivity contribution in [2.24, 2.45) is 0 Å². The summed E-state index contributed by atoms with van der Waals surface area (Å²) in [5.41, 5.74) is 3.31. The van der Waals surface area contributed by atoms with Gasteiger partial charge in [0.1, 0.15) is 11.9 Å². The Kier molecular flexibility index (Phi) is 5.54. The molecular weight excluding hydrogens is 381 g/mol. The van der Waals surface area contributed by atoms with E-state index in [1.54, 1.807) is 12.1 Å². The van der Waals surface area contributed by atoms with Crippen molar-refractivity contribution in [1.82, 2.24) is 15.1 Å². The van der Waals surface area contributed by atoms with Crippen LogP contribution in [0.25, 0.3) is 0 Å². The van der Waals surface area contributed by atoms with Crippen LogP contribution in [-0.2, 0) is 16.0 Å². The lowest BCUT2D eigenvalue weighted by Gasteiger charge is -2.39. The maximum Gasteiger partial charge on any atom is 0.252 e. The van der Waals surface area contributed by atoms with Crippen LogP contribution in [0.3, 0.4) is 0 Å². The van der Waals surface area contributed by atoms with Gasteiger partial charge in [0.25, 0.3) is 5.91 Å². The van der Waals surface area contributed by atoms with Gasteiger partial charge in [0, 0.05) is 38.8 Å². The van der Waals surface area contributed by atoms with Crippen molar-refractivity contribution in [3.8, 4) is 0 Å². The molecule has 6 heteroatoms. The van der Waals surface area contributed by atoms with E-state index in [4.69, 9.17) is 4.74 Å². The SMILES string of the molecule is O=C([C@H]1CCN2CCNC[C@@H]2CO1)N1CCc2ccccc2[C@@H]1c1ccc(F)cc1. The van der Waals surface area contributed by atoms with Gasteiger partial charge in [-0.2, -0.15) is 0 Å². The van der Waals surface area contributed by atoms with Gasteiger partial charge in [-0.15, -0.1) is 0 Å². The number of piperazine rings is 1. The van der Waals surface area contributed by atoms with Gasteiger partial charge in [-0.25, -0.2) is 4.39 Å². The average molecular weight is 410 g/mol. The first-order valence-electron chi connectivity index (χ1n) is 10.9. The highest BCUT2D eigenvalue weighted by Crippen LogP contribution is 2.36. The van der Waals surface area contributed by atoms with Crippen molar-refractivity contribution in [3.63, 3.8) is 0 Å². The molecule has 3 heterocycles. The minimum Gasteiger partial charge on any atom is -0.367 e. The van der Waals surface area contributed by atoms with Gasteiger partial charge >= 0.3 is 0 Å². The van der Waals surface area contributed by atoms with Gasteiger partial charge in [-0.1, -0.05) is 36.4 Å². The van der Waals surface area contributed by atoms with Crippen LogP contribution in [0.5, 0.6) is 0 Å². The standard InChI is InChI=1S/C24H28FN3O2/c25-19-7-5-18(6-8-19)23-21-4-2-1-3-17(21)9-13-28(23)24(29)22-10-12-27-14-11-26-15-20(27)16-30-22/h1-8,20,22-23,26H,9-16H2/t20-,22-,23+/m1/s1. The molecule has 1 N–H and O–H groups in total. The smallest absolute Gasteiger partial charge is 0.252 e. The fourth-order valence-corrected chi connectivity index (χ4v) is 5.04. The second-order valence-electron chi connectivity index (χ2n) is 8.44. The fourth-order valence-electron chi connectivity index (χ4n) is 5.04. The first kappa shape index (κ1) is 19.7. The van der Waals surface area contributed by atoms with E-state index < -0.39 is 6.10 Å². The molecule has 3 atom stereocenters. The van der Waals surface area contributed by atoms with Crippen LogP contribution in [-0.4, -0.2) is 67.2 Å². The Labute approximate surface area is 176 Å². The van der Waals surface area contributed by atoms with Crippen LogP contribution in [0.2, 0.25) is 0 Å². The maximum absolute atomic E-state index is 13.7. The first-order valence-corrected chi connectivity index (χ1v) is 10.9. The number of ether oxygens (including phenoxy) is 1. The molecule has 0 saturated carbocycles. The molecule has 0 unspecified atom stereocenters. The van der Waals surface area contributed by atoms with Crippen molar-refractivity contribution >= 4 is 5.91 Å². The van der Waals surface area contributed by atoms with Crippen LogP contribution in [0.15, 0.2) is 48.5 Å². The summed E-state index contributed by atoms with van der Waals surface area (Å²) in [6.07, 6.45) is 1.11. The lowest BCUT2D eigenvalue weighted by Crippen LogP contribution is -2.52. The molecular formula is C24H28FN3O2. The summed E-state index contributed by atoms with van der Waals surface area (Å²) in [7, 11) is 0. The molecule has 0 spiro atoms. The summed E-state index contributed by atoms with van der Waals surface area (Å²) in [6, 6.07) is 14.9. The molecule has 2 fully saturated rings. The molecule has 2 aromatic rings. The second kappa shape index (κ2) is 8.46. The highest BCUT2D eigenvalue weighted by atomic mass is 19.1. The van der Waals surface area contributed by atoms with Gasteiger partial charge in [-0.3, -0.25) is 9.69 Å². The van der Waals surface area contributed by atoms with E-state index in [0.717, 1.165) is 43.7 Å². The zero-order valence-corrected chi connectivity index (χ0v) is 17.1. The normalized spacial score (nSPS) is 27.1. The quantitative estimate of drug-likeness (QED) is 0.827. The van der Waals surface area contributed by atoms with Crippen molar-refractivity contribution in [2.45, 2.75) is 31.0 Å². The summed E-state index contributed by atoms with van der Waals surface area (Å²) in [5, 5.41) is 3.42.